The highest BCUT2D eigenvalue weighted by molar-refractivity contribution is 5.12. The Morgan fingerprint density at radius 2 is 2.05 bits per heavy atom. The Balaban J connectivity index is 1.99. The molecule has 0 fully saturated rings. The van der Waals surface area contributed by atoms with Gasteiger partial charge in [0.25, 0.3) is 0 Å². The van der Waals surface area contributed by atoms with Gasteiger partial charge in [0.05, 0.1) is 7.05 Å². The second-order valence-electron chi connectivity index (χ2n) is 4.61. The molecule has 1 N–H and O–H groups in total. The van der Waals surface area contributed by atoms with Crippen molar-refractivity contribution in [2.75, 3.05) is 6.54 Å². The fourth-order valence-electron chi connectivity index (χ4n) is 1.99. The van der Waals surface area contributed by atoms with E-state index >= 15 is 0 Å². The lowest BCUT2D eigenvalue weighted by Gasteiger charge is -2.16. The topological polar surface area (TPSA) is 68.5 Å². The summed E-state index contributed by atoms with van der Waals surface area (Å²) in [5.74, 6) is 0.783. The number of hydrogen-bond donors (Lipinski definition) is 1. The van der Waals surface area contributed by atoms with Crippen LogP contribution in [0.2, 0.25) is 0 Å². The Bertz CT molecular complexity index is 481. The summed E-state index contributed by atoms with van der Waals surface area (Å²) >= 11 is 0. The molecule has 0 saturated heterocycles. The third-order valence-electron chi connectivity index (χ3n) is 2.89. The Hall–Kier alpha value is -1.82. The average Bonchev–Trinajstić information content (AvgIpc) is 2.82. The van der Waals surface area contributed by atoms with Crippen LogP contribution in [0.15, 0.2) is 24.5 Å². The van der Waals surface area contributed by atoms with Gasteiger partial charge in [0.2, 0.25) is 0 Å². The summed E-state index contributed by atoms with van der Waals surface area (Å²) < 4.78 is 0. The molecule has 0 radical (unpaired) electrons. The molecule has 1 unspecified atom stereocenters. The molecule has 19 heavy (non-hydrogen) atoms. The van der Waals surface area contributed by atoms with Gasteiger partial charge >= 0.3 is 0 Å². The molecule has 2 heterocycles. The van der Waals surface area contributed by atoms with Gasteiger partial charge in [-0.05, 0) is 42.3 Å². The fraction of sp³-hybridized carbons (Fsp3) is 0.538. The lowest BCUT2D eigenvalue weighted by Crippen LogP contribution is -2.34. The molecule has 0 saturated carbocycles. The zero-order valence-corrected chi connectivity index (χ0v) is 11.5. The third-order valence-corrected chi connectivity index (χ3v) is 2.89. The molecule has 102 valence electrons. The van der Waals surface area contributed by atoms with Crippen LogP contribution in [0.5, 0.6) is 0 Å². The Labute approximate surface area is 113 Å². The van der Waals surface area contributed by atoms with Gasteiger partial charge in [-0.15, -0.1) is 10.2 Å². The monoisotopic (exact) mass is 260 g/mol. The summed E-state index contributed by atoms with van der Waals surface area (Å²) in [5.41, 5.74) is 1.27. The van der Waals surface area contributed by atoms with E-state index in [1.54, 1.807) is 7.05 Å². The summed E-state index contributed by atoms with van der Waals surface area (Å²) in [6.45, 7) is 3.16. The Morgan fingerprint density at radius 3 is 2.68 bits per heavy atom. The van der Waals surface area contributed by atoms with Crippen molar-refractivity contribution < 1.29 is 0 Å². The lowest BCUT2D eigenvalue weighted by atomic mass is 10.0. The molecular weight excluding hydrogens is 240 g/mol. The zero-order valence-electron chi connectivity index (χ0n) is 11.5. The van der Waals surface area contributed by atoms with Crippen molar-refractivity contribution in [1.29, 1.82) is 0 Å². The van der Waals surface area contributed by atoms with Gasteiger partial charge < -0.3 is 5.32 Å². The van der Waals surface area contributed by atoms with Gasteiger partial charge in [0.15, 0.2) is 5.82 Å². The molecule has 0 amide bonds. The lowest BCUT2D eigenvalue weighted by molar-refractivity contribution is 0.494. The first-order valence-corrected chi connectivity index (χ1v) is 6.63. The molecule has 2 rings (SSSR count). The van der Waals surface area contributed by atoms with Crippen LogP contribution in [0, 0.1) is 0 Å². The number of rotatable bonds is 7. The van der Waals surface area contributed by atoms with Gasteiger partial charge in [0, 0.05) is 24.9 Å². The van der Waals surface area contributed by atoms with Crippen molar-refractivity contribution in [2.45, 2.75) is 32.2 Å². The van der Waals surface area contributed by atoms with E-state index < -0.39 is 0 Å². The van der Waals surface area contributed by atoms with Crippen molar-refractivity contribution in [1.82, 2.24) is 30.5 Å². The van der Waals surface area contributed by atoms with Crippen LogP contribution in [0.1, 0.15) is 24.7 Å². The van der Waals surface area contributed by atoms with E-state index in [1.165, 1.54) is 10.4 Å². The number of nitrogens with one attached hydrogen (secondary N) is 1. The molecule has 0 aliphatic carbocycles. The molecule has 1 atom stereocenters. The number of hydrogen-bond acceptors (Lipinski definition) is 5. The molecule has 2 aromatic heterocycles. The Morgan fingerprint density at radius 1 is 1.26 bits per heavy atom. The summed E-state index contributed by atoms with van der Waals surface area (Å²) in [6.07, 6.45) is 6.50. The predicted molar refractivity (Wildman–Crippen MR) is 72.5 cm³/mol. The largest absolute Gasteiger partial charge is 0.313 e. The number of aryl methyl sites for hydroxylation is 1. The van der Waals surface area contributed by atoms with Gasteiger partial charge in [-0.3, -0.25) is 4.98 Å². The van der Waals surface area contributed by atoms with Crippen LogP contribution >= 0.6 is 0 Å². The minimum absolute atomic E-state index is 0.326. The molecular formula is C13H20N6. The van der Waals surface area contributed by atoms with Crippen molar-refractivity contribution in [3.63, 3.8) is 0 Å². The SMILES string of the molecule is CCCNC(Cc1ccncc1)Cc1nnn(C)n1. The summed E-state index contributed by atoms with van der Waals surface area (Å²) in [7, 11) is 1.79. The molecule has 6 heteroatoms. The van der Waals surface area contributed by atoms with E-state index in [2.05, 4.69) is 32.6 Å². The normalized spacial score (nSPS) is 12.5. The van der Waals surface area contributed by atoms with E-state index in [4.69, 9.17) is 0 Å². The fourth-order valence-corrected chi connectivity index (χ4v) is 1.99. The first-order valence-electron chi connectivity index (χ1n) is 6.63. The summed E-state index contributed by atoms with van der Waals surface area (Å²) in [5, 5.41) is 15.7. The first-order chi connectivity index (χ1) is 9.28. The van der Waals surface area contributed by atoms with E-state index in [0.29, 0.717) is 6.04 Å². The van der Waals surface area contributed by atoms with Crippen LogP contribution in [0.4, 0.5) is 0 Å². The van der Waals surface area contributed by atoms with E-state index in [-0.39, 0.29) is 0 Å². The van der Waals surface area contributed by atoms with Crippen LogP contribution in [-0.2, 0) is 19.9 Å². The predicted octanol–water partition coefficient (Wildman–Crippen LogP) is 0.758. The molecule has 6 nitrogen and oxygen atoms in total. The van der Waals surface area contributed by atoms with Crippen LogP contribution < -0.4 is 5.32 Å². The summed E-state index contributed by atoms with van der Waals surface area (Å²) in [6, 6.07) is 4.42. The average molecular weight is 260 g/mol. The minimum atomic E-state index is 0.326. The number of tetrazole rings is 1. The van der Waals surface area contributed by atoms with Crippen LogP contribution in [-0.4, -0.2) is 37.8 Å². The standard InChI is InChI=1S/C13H20N6/c1-3-6-15-12(9-11-4-7-14-8-5-11)10-13-16-18-19(2)17-13/h4-5,7-8,12,15H,3,6,9-10H2,1-2H3. The highest BCUT2D eigenvalue weighted by Crippen LogP contribution is 2.05. The van der Waals surface area contributed by atoms with Crippen molar-refractivity contribution >= 4 is 0 Å². The van der Waals surface area contributed by atoms with Crippen molar-refractivity contribution in [2.24, 2.45) is 7.05 Å². The van der Waals surface area contributed by atoms with Gasteiger partial charge in [-0.2, -0.15) is 4.80 Å². The second kappa shape index (κ2) is 6.94. The maximum atomic E-state index is 4.24. The molecule has 0 spiro atoms. The van der Waals surface area contributed by atoms with Crippen LogP contribution in [0.3, 0.4) is 0 Å². The number of pyridine rings is 1. The maximum absolute atomic E-state index is 4.24. The van der Waals surface area contributed by atoms with Crippen molar-refractivity contribution in [3.05, 3.63) is 35.9 Å². The third kappa shape index (κ3) is 4.40. The molecule has 2 aromatic rings. The summed E-state index contributed by atoms with van der Waals surface area (Å²) in [4.78, 5) is 5.54. The highest BCUT2D eigenvalue weighted by Gasteiger charge is 2.13. The smallest absolute Gasteiger partial charge is 0.176 e. The number of nitrogens with zero attached hydrogens (tertiary/aromatic N) is 5. The Kier molecular flexibility index (Phi) is 4.97. The maximum Gasteiger partial charge on any atom is 0.176 e. The van der Waals surface area contributed by atoms with Crippen LogP contribution in [0.25, 0.3) is 0 Å². The molecule has 0 aliphatic rings. The van der Waals surface area contributed by atoms with Gasteiger partial charge in [-0.25, -0.2) is 0 Å². The second-order valence-corrected chi connectivity index (χ2v) is 4.61. The van der Waals surface area contributed by atoms with Gasteiger partial charge in [-0.1, -0.05) is 6.92 Å². The van der Waals surface area contributed by atoms with Gasteiger partial charge in [0.1, 0.15) is 0 Å². The van der Waals surface area contributed by atoms with E-state index in [9.17, 15) is 0 Å². The minimum Gasteiger partial charge on any atom is -0.313 e. The quantitative estimate of drug-likeness (QED) is 0.796. The molecule has 0 bridgehead atoms. The number of aromatic nitrogens is 5. The zero-order chi connectivity index (χ0) is 13.5. The molecule has 0 aromatic carbocycles. The highest BCUT2D eigenvalue weighted by atomic mass is 15.6. The van der Waals surface area contributed by atoms with Crippen molar-refractivity contribution in [3.8, 4) is 0 Å². The van der Waals surface area contributed by atoms with E-state index in [0.717, 1.165) is 31.6 Å². The first kappa shape index (κ1) is 13.6. The molecule has 0 aliphatic heterocycles. The van der Waals surface area contributed by atoms with E-state index in [1.807, 2.05) is 24.5 Å².